The molecule has 104 valence electrons. The third-order valence-corrected chi connectivity index (χ3v) is 3.97. The second-order valence-electron chi connectivity index (χ2n) is 4.65. The minimum atomic E-state index is 0.281. The van der Waals surface area contributed by atoms with E-state index in [1.807, 2.05) is 20.2 Å². The first-order valence-corrected chi connectivity index (χ1v) is 7.21. The molecule has 6 nitrogen and oxygen atoms in total. The van der Waals surface area contributed by atoms with Gasteiger partial charge in [0, 0.05) is 18.1 Å². The van der Waals surface area contributed by atoms with Crippen molar-refractivity contribution >= 4 is 39.0 Å². The molecule has 0 aliphatic rings. The fraction of sp³-hybridized carbons (Fsp3) is 0.308. The average molecular weight is 288 g/mol. The van der Waals surface area contributed by atoms with Gasteiger partial charge in [0.1, 0.15) is 10.6 Å². The Morgan fingerprint density at radius 2 is 2.20 bits per heavy atom. The van der Waals surface area contributed by atoms with Crippen LogP contribution < -0.4 is 11.1 Å². The molecule has 20 heavy (non-hydrogen) atoms. The van der Waals surface area contributed by atoms with Gasteiger partial charge < -0.3 is 11.1 Å². The summed E-state index contributed by atoms with van der Waals surface area (Å²) < 4.78 is 1.79. The number of aryl methyl sites for hydroxylation is 3. The quantitative estimate of drug-likeness (QED) is 0.774. The second-order valence-corrected chi connectivity index (χ2v) is 5.88. The molecular formula is C13H16N6S. The van der Waals surface area contributed by atoms with Gasteiger partial charge in [0.05, 0.1) is 16.8 Å². The van der Waals surface area contributed by atoms with Gasteiger partial charge in [-0.1, -0.05) is 6.92 Å². The molecule has 3 rings (SSSR count). The molecule has 0 aliphatic heterocycles. The summed E-state index contributed by atoms with van der Waals surface area (Å²) in [4.78, 5) is 10.7. The lowest BCUT2D eigenvalue weighted by molar-refractivity contribution is 0.746. The molecule has 0 aromatic carbocycles. The minimum absolute atomic E-state index is 0.281. The van der Waals surface area contributed by atoms with Crippen LogP contribution in [0.2, 0.25) is 0 Å². The fourth-order valence-electron chi connectivity index (χ4n) is 2.18. The van der Waals surface area contributed by atoms with Gasteiger partial charge >= 0.3 is 0 Å². The molecule has 0 saturated heterocycles. The molecule has 3 N–H and O–H groups in total. The van der Waals surface area contributed by atoms with E-state index in [4.69, 9.17) is 5.73 Å². The lowest BCUT2D eigenvalue weighted by Crippen LogP contribution is -2.01. The van der Waals surface area contributed by atoms with E-state index in [0.29, 0.717) is 0 Å². The van der Waals surface area contributed by atoms with Crippen molar-refractivity contribution in [2.75, 3.05) is 11.1 Å². The first-order valence-electron chi connectivity index (χ1n) is 6.40. The molecule has 0 unspecified atom stereocenters. The lowest BCUT2D eigenvalue weighted by atomic mass is 10.3. The predicted octanol–water partition coefficient (Wildman–Crippen LogP) is 2.62. The Labute approximate surface area is 120 Å². The first kappa shape index (κ1) is 12.9. The summed E-state index contributed by atoms with van der Waals surface area (Å²) in [5.74, 6) is 1.02. The molecule has 3 aromatic heterocycles. The highest BCUT2D eigenvalue weighted by molar-refractivity contribution is 7.18. The molecule has 0 amide bonds. The largest absolute Gasteiger partial charge is 0.368 e. The number of rotatable bonds is 3. The van der Waals surface area contributed by atoms with E-state index in [0.717, 1.165) is 33.8 Å². The van der Waals surface area contributed by atoms with Crippen LogP contribution in [0.15, 0.2) is 12.3 Å². The van der Waals surface area contributed by atoms with Crippen LogP contribution in [0.25, 0.3) is 10.2 Å². The molecule has 0 atom stereocenters. The van der Waals surface area contributed by atoms with E-state index < -0.39 is 0 Å². The average Bonchev–Trinajstić information content (AvgIpc) is 2.91. The Morgan fingerprint density at radius 3 is 2.95 bits per heavy atom. The molecule has 0 saturated carbocycles. The maximum atomic E-state index is 5.79. The van der Waals surface area contributed by atoms with Gasteiger partial charge in [-0.25, -0.2) is 4.98 Å². The highest BCUT2D eigenvalue weighted by atomic mass is 32.1. The van der Waals surface area contributed by atoms with Crippen molar-refractivity contribution in [2.45, 2.75) is 20.3 Å². The molecule has 0 spiro atoms. The van der Waals surface area contributed by atoms with Crippen molar-refractivity contribution in [3.8, 4) is 0 Å². The molecule has 0 aliphatic carbocycles. The number of fused-ring (bicyclic) bond motifs is 1. The van der Waals surface area contributed by atoms with E-state index in [1.54, 1.807) is 16.0 Å². The zero-order valence-electron chi connectivity index (χ0n) is 11.6. The molecular weight excluding hydrogens is 272 g/mol. The number of hydrogen-bond acceptors (Lipinski definition) is 6. The lowest BCUT2D eigenvalue weighted by Gasteiger charge is -2.06. The highest BCUT2D eigenvalue weighted by Gasteiger charge is 2.12. The van der Waals surface area contributed by atoms with Gasteiger partial charge in [-0.15, -0.1) is 11.3 Å². The van der Waals surface area contributed by atoms with Crippen LogP contribution in [-0.4, -0.2) is 19.7 Å². The molecule has 0 fully saturated rings. The topological polar surface area (TPSA) is 81.7 Å². The molecule has 3 heterocycles. The van der Waals surface area contributed by atoms with Crippen molar-refractivity contribution < 1.29 is 0 Å². The zero-order valence-corrected chi connectivity index (χ0v) is 12.5. The third-order valence-electron chi connectivity index (χ3n) is 3.03. The fourth-order valence-corrected chi connectivity index (χ4v) is 3.07. The SMILES string of the molecule is CCc1nn(C)cc1Nc1nc(N)nc2sc(C)cc12. The Morgan fingerprint density at radius 1 is 1.40 bits per heavy atom. The molecule has 0 bridgehead atoms. The number of thiophene rings is 1. The molecule has 0 radical (unpaired) electrons. The molecule has 3 aromatic rings. The monoisotopic (exact) mass is 288 g/mol. The summed E-state index contributed by atoms with van der Waals surface area (Å²) in [7, 11) is 1.91. The van der Waals surface area contributed by atoms with Crippen molar-refractivity contribution in [3.05, 3.63) is 22.8 Å². The molecule has 7 heteroatoms. The Hall–Kier alpha value is -2.15. The maximum Gasteiger partial charge on any atom is 0.223 e. The van der Waals surface area contributed by atoms with E-state index in [-0.39, 0.29) is 5.95 Å². The number of aromatic nitrogens is 4. The van der Waals surface area contributed by atoms with Gasteiger partial charge in [-0.3, -0.25) is 4.68 Å². The Bertz CT molecular complexity index is 773. The van der Waals surface area contributed by atoms with Crippen LogP contribution in [0, 0.1) is 6.92 Å². The van der Waals surface area contributed by atoms with E-state index in [1.165, 1.54) is 4.88 Å². The van der Waals surface area contributed by atoms with E-state index in [9.17, 15) is 0 Å². The van der Waals surface area contributed by atoms with Crippen molar-refractivity contribution in [3.63, 3.8) is 0 Å². The number of nitrogens with zero attached hydrogens (tertiary/aromatic N) is 4. The van der Waals surface area contributed by atoms with Crippen molar-refractivity contribution in [1.29, 1.82) is 0 Å². The number of nitrogens with one attached hydrogen (secondary N) is 1. The van der Waals surface area contributed by atoms with Crippen LogP contribution in [-0.2, 0) is 13.5 Å². The van der Waals surface area contributed by atoms with Gasteiger partial charge in [-0.05, 0) is 19.4 Å². The van der Waals surface area contributed by atoms with Gasteiger partial charge in [-0.2, -0.15) is 10.1 Å². The van der Waals surface area contributed by atoms with Crippen LogP contribution in [0.4, 0.5) is 17.5 Å². The number of nitrogens with two attached hydrogens (primary N) is 1. The van der Waals surface area contributed by atoms with Gasteiger partial charge in [0.15, 0.2) is 0 Å². The summed E-state index contributed by atoms with van der Waals surface area (Å²) in [5.41, 5.74) is 7.75. The number of nitrogen functional groups attached to an aromatic ring is 1. The van der Waals surface area contributed by atoms with Gasteiger partial charge in [0.25, 0.3) is 0 Å². The summed E-state index contributed by atoms with van der Waals surface area (Å²) in [5, 5.41) is 8.74. The normalized spacial score (nSPS) is 11.2. The van der Waals surface area contributed by atoms with E-state index in [2.05, 4.69) is 33.4 Å². The highest BCUT2D eigenvalue weighted by Crippen LogP contribution is 2.31. The standard InChI is InChI=1S/C13H16N6S/c1-4-9-10(6-19(3)18-9)15-11-8-5-7(2)20-12(8)17-13(14)16-11/h5-6H,4H2,1-3H3,(H3,14,15,16,17). The van der Waals surface area contributed by atoms with Crippen LogP contribution in [0.1, 0.15) is 17.5 Å². The Balaban J connectivity index is 2.09. The summed E-state index contributed by atoms with van der Waals surface area (Å²) in [6.45, 7) is 4.13. The summed E-state index contributed by atoms with van der Waals surface area (Å²) >= 11 is 1.61. The van der Waals surface area contributed by atoms with Gasteiger partial charge in [0.2, 0.25) is 5.95 Å². The summed E-state index contributed by atoms with van der Waals surface area (Å²) in [6.07, 6.45) is 2.80. The van der Waals surface area contributed by atoms with Crippen LogP contribution >= 0.6 is 11.3 Å². The predicted molar refractivity (Wildman–Crippen MR) is 82.4 cm³/mol. The van der Waals surface area contributed by atoms with Crippen molar-refractivity contribution in [1.82, 2.24) is 19.7 Å². The third kappa shape index (κ3) is 2.20. The first-order chi connectivity index (χ1) is 9.56. The van der Waals surface area contributed by atoms with Crippen LogP contribution in [0.5, 0.6) is 0 Å². The van der Waals surface area contributed by atoms with E-state index >= 15 is 0 Å². The summed E-state index contributed by atoms with van der Waals surface area (Å²) in [6, 6.07) is 2.07. The zero-order chi connectivity index (χ0) is 14.3. The smallest absolute Gasteiger partial charge is 0.223 e. The van der Waals surface area contributed by atoms with Crippen molar-refractivity contribution in [2.24, 2.45) is 7.05 Å². The number of hydrogen-bond donors (Lipinski definition) is 2. The Kier molecular flexibility index (Phi) is 3.06. The number of anilines is 3. The second kappa shape index (κ2) is 4.75. The van der Waals surface area contributed by atoms with Crippen LogP contribution in [0.3, 0.4) is 0 Å². The maximum absolute atomic E-state index is 5.79. The minimum Gasteiger partial charge on any atom is -0.368 e.